The quantitative estimate of drug-likeness (QED) is 0.769. The molecular formula is C12H13NO2. The molecule has 0 N–H and O–H groups in total. The maximum atomic E-state index is 5.14. The van der Waals surface area contributed by atoms with Gasteiger partial charge in [0.1, 0.15) is 17.2 Å². The molecule has 1 aromatic heterocycles. The summed E-state index contributed by atoms with van der Waals surface area (Å²) >= 11 is 0. The Morgan fingerprint density at radius 1 is 1.27 bits per heavy atom. The predicted molar refractivity (Wildman–Crippen MR) is 57.9 cm³/mol. The number of ether oxygens (including phenoxy) is 1. The van der Waals surface area contributed by atoms with Gasteiger partial charge in [-0.15, -0.1) is 0 Å². The summed E-state index contributed by atoms with van der Waals surface area (Å²) in [4.78, 5) is 0. The van der Waals surface area contributed by atoms with Gasteiger partial charge in [-0.25, -0.2) is 0 Å². The van der Waals surface area contributed by atoms with Crippen LogP contribution in [-0.4, -0.2) is 12.3 Å². The fourth-order valence-corrected chi connectivity index (χ4v) is 1.38. The van der Waals surface area contributed by atoms with Crippen molar-refractivity contribution in [3.63, 3.8) is 0 Å². The van der Waals surface area contributed by atoms with Gasteiger partial charge in [0, 0.05) is 18.1 Å². The number of aryl methyl sites for hydroxylation is 1. The molecule has 0 saturated heterocycles. The highest BCUT2D eigenvalue weighted by Crippen LogP contribution is 2.22. The normalized spacial score (nSPS) is 10.3. The summed E-state index contributed by atoms with van der Waals surface area (Å²) in [6.45, 7) is 2.04. The number of rotatable bonds is 3. The molecule has 78 valence electrons. The van der Waals surface area contributed by atoms with Gasteiger partial charge < -0.3 is 9.26 Å². The molecule has 0 radical (unpaired) electrons. The molecule has 2 aromatic rings. The lowest BCUT2D eigenvalue weighted by Crippen LogP contribution is -1.82. The third kappa shape index (κ3) is 2.01. The lowest BCUT2D eigenvalue weighted by Gasteiger charge is -1.99. The molecule has 3 heteroatoms. The monoisotopic (exact) mass is 203 g/mol. The average Bonchev–Trinajstić information content (AvgIpc) is 2.78. The summed E-state index contributed by atoms with van der Waals surface area (Å²) in [7, 11) is 1.65. The van der Waals surface area contributed by atoms with E-state index >= 15 is 0 Å². The van der Waals surface area contributed by atoms with Gasteiger partial charge in [0.05, 0.1) is 7.11 Å². The third-order valence-electron chi connectivity index (χ3n) is 2.29. The van der Waals surface area contributed by atoms with Crippen LogP contribution in [0.1, 0.15) is 12.7 Å². The van der Waals surface area contributed by atoms with Crippen LogP contribution in [0.2, 0.25) is 0 Å². The molecular weight excluding hydrogens is 190 g/mol. The lowest BCUT2D eigenvalue weighted by atomic mass is 10.1. The maximum Gasteiger partial charge on any atom is 0.137 e. The number of benzene rings is 1. The molecule has 1 aromatic carbocycles. The first kappa shape index (κ1) is 9.77. The molecule has 0 atom stereocenters. The smallest absolute Gasteiger partial charge is 0.137 e. The highest BCUT2D eigenvalue weighted by molar-refractivity contribution is 5.59. The predicted octanol–water partition coefficient (Wildman–Crippen LogP) is 2.91. The Morgan fingerprint density at radius 3 is 2.53 bits per heavy atom. The minimum absolute atomic E-state index is 0.845. The summed E-state index contributed by atoms with van der Waals surface area (Å²) in [6, 6.07) is 9.72. The summed E-state index contributed by atoms with van der Waals surface area (Å²) in [5, 5.41) is 4.00. The molecule has 3 nitrogen and oxygen atoms in total. The van der Waals surface area contributed by atoms with E-state index < -0.39 is 0 Å². The fourth-order valence-electron chi connectivity index (χ4n) is 1.38. The van der Waals surface area contributed by atoms with E-state index in [1.165, 1.54) is 0 Å². The van der Waals surface area contributed by atoms with Gasteiger partial charge in [-0.1, -0.05) is 12.1 Å². The van der Waals surface area contributed by atoms with Crippen molar-refractivity contribution in [1.29, 1.82) is 0 Å². The summed E-state index contributed by atoms with van der Waals surface area (Å²) in [5.41, 5.74) is 1.91. The Morgan fingerprint density at radius 2 is 2.00 bits per heavy atom. The highest BCUT2D eigenvalue weighted by Gasteiger charge is 2.04. The molecule has 0 bridgehead atoms. The van der Waals surface area contributed by atoms with Crippen molar-refractivity contribution in [3.8, 4) is 17.0 Å². The first-order chi connectivity index (χ1) is 7.33. The second kappa shape index (κ2) is 4.17. The van der Waals surface area contributed by atoms with Crippen LogP contribution in [0.5, 0.6) is 5.75 Å². The van der Waals surface area contributed by atoms with E-state index in [0.29, 0.717) is 0 Å². The number of nitrogens with zero attached hydrogens (tertiary/aromatic N) is 1. The van der Waals surface area contributed by atoms with Crippen molar-refractivity contribution in [2.45, 2.75) is 13.3 Å². The van der Waals surface area contributed by atoms with Crippen molar-refractivity contribution in [2.24, 2.45) is 0 Å². The molecule has 0 saturated carbocycles. The highest BCUT2D eigenvalue weighted by atomic mass is 16.5. The van der Waals surface area contributed by atoms with E-state index in [1.54, 1.807) is 7.11 Å². The topological polar surface area (TPSA) is 35.3 Å². The summed E-state index contributed by atoms with van der Waals surface area (Å²) in [6.07, 6.45) is 0.864. The van der Waals surface area contributed by atoms with Crippen LogP contribution < -0.4 is 4.74 Å². The van der Waals surface area contributed by atoms with Gasteiger partial charge in [-0.2, -0.15) is 0 Å². The molecule has 0 spiro atoms. The summed E-state index contributed by atoms with van der Waals surface area (Å²) in [5.74, 6) is 1.75. The Balaban J connectivity index is 2.28. The number of methoxy groups -OCH3 is 1. The minimum atomic E-state index is 0.845. The van der Waals surface area contributed by atoms with Crippen LogP contribution in [-0.2, 0) is 6.42 Å². The lowest BCUT2D eigenvalue weighted by molar-refractivity contribution is 0.389. The SMILES string of the molecule is CCc1cc(-c2ccc(OC)cc2)no1. The van der Waals surface area contributed by atoms with Crippen molar-refractivity contribution < 1.29 is 9.26 Å². The molecule has 15 heavy (non-hydrogen) atoms. The Bertz CT molecular complexity index is 431. The van der Waals surface area contributed by atoms with Crippen molar-refractivity contribution >= 4 is 0 Å². The van der Waals surface area contributed by atoms with E-state index in [0.717, 1.165) is 29.2 Å². The van der Waals surface area contributed by atoms with Crippen molar-refractivity contribution in [1.82, 2.24) is 5.16 Å². The molecule has 0 aliphatic carbocycles. The van der Waals surface area contributed by atoms with Crippen molar-refractivity contribution in [3.05, 3.63) is 36.1 Å². The second-order valence-electron chi connectivity index (χ2n) is 3.26. The number of hydrogen-bond donors (Lipinski definition) is 0. The molecule has 0 amide bonds. The largest absolute Gasteiger partial charge is 0.497 e. The first-order valence-electron chi connectivity index (χ1n) is 4.93. The molecule has 0 aliphatic heterocycles. The Kier molecular flexibility index (Phi) is 2.72. The second-order valence-corrected chi connectivity index (χ2v) is 3.26. The number of hydrogen-bond acceptors (Lipinski definition) is 3. The van der Waals surface area contributed by atoms with E-state index in [-0.39, 0.29) is 0 Å². The van der Waals surface area contributed by atoms with Crippen LogP contribution in [0.25, 0.3) is 11.3 Å². The van der Waals surface area contributed by atoms with E-state index in [2.05, 4.69) is 5.16 Å². The molecule has 0 aliphatic rings. The third-order valence-corrected chi connectivity index (χ3v) is 2.29. The molecule has 2 rings (SSSR count). The van der Waals surface area contributed by atoms with Gasteiger partial charge >= 0.3 is 0 Å². The van der Waals surface area contributed by atoms with Gasteiger partial charge in [0.2, 0.25) is 0 Å². The average molecular weight is 203 g/mol. The van der Waals surface area contributed by atoms with Gasteiger partial charge in [0.25, 0.3) is 0 Å². The van der Waals surface area contributed by atoms with Crippen LogP contribution in [0.3, 0.4) is 0 Å². The van der Waals surface area contributed by atoms with E-state index in [4.69, 9.17) is 9.26 Å². The van der Waals surface area contributed by atoms with E-state index in [1.807, 2.05) is 37.3 Å². The van der Waals surface area contributed by atoms with Crippen molar-refractivity contribution in [2.75, 3.05) is 7.11 Å². The summed E-state index contributed by atoms with van der Waals surface area (Å²) < 4.78 is 10.2. The van der Waals surface area contributed by atoms with Crippen LogP contribution in [0, 0.1) is 0 Å². The zero-order valence-electron chi connectivity index (χ0n) is 8.86. The molecule has 1 heterocycles. The standard InChI is InChI=1S/C12H13NO2/c1-3-10-8-12(13-15-10)9-4-6-11(14-2)7-5-9/h4-8H,3H2,1-2H3. The maximum absolute atomic E-state index is 5.14. The van der Waals surface area contributed by atoms with Gasteiger partial charge in [-0.3, -0.25) is 0 Å². The Hall–Kier alpha value is -1.77. The van der Waals surface area contributed by atoms with Gasteiger partial charge in [0.15, 0.2) is 0 Å². The van der Waals surface area contributed by atoms with Crippen LogP contribution in [0.15, 0.2) is 34.9 Å². The fraction of sp³-hybridized carbons (Fsp3) is 0.250. The minimum Gasteiger partial charge on any atom is -0.497 e. The Labute approximate surface area is 88.7 Å². The van der Waals surface area contributed by atoms with Crippen LogP contribution >= 0.6 is 0 Å². The zero-order valence-corrected chi connectivity index (χ0v) is 8.86. The first-order valence-corrected chi connectivity index (χ1v) is 4.93. The number of aromatic nitrogens is 1. The zero-order chi connectivity index (χ0) is 10.7. The van der Waals surface area contributed by atoms with Crippen LogP contribution in [0.4, 0.5) is 0 Å². The molecule has 0 fully saturated rings. The molecule has 0 unspecified atom stereocenters. The van der Waals surface area contributed by atoms with E-state index in [9.17, 15) is 0 Å². The van der Waals surface area contributed by atoms with Gasteiger partial charge in [-0.05, 0) is 24.3 Å².